The fraction of sp³-hybridized carbons (Fsp3) is 0.450. The number of carbonyl (C=O) groups excluding carboxylic acids is 1. The number of rotatable bonds is 8. The molecule has 1 amide bonds. The first-order valence-electron chi connectivity index (χ1n) is 9.15. The number of furan rings is 1. The summed E-state index contributed by atoms with van der Waals surface area (Å²) in [4.78, 5) is 14.5. The Morgan fingerprint density at radius 2 is 2.11 bits per heavy atom. The molecule has 0 saturated carbocycles. The molecule has 1 N–H and O–H groups in total. The molecule has 3 rings (SSSR count). The van der Waals surface area contributed by atoms with E-state index in [1.54, 1.807) is 12.1 Å². The van der Waals surface area contributed by atoms with Crippen LogP contribution in [0.3, 0.4) is 0 Å². The van der Waals surface area contributed by atoms with Gasteiger partial charge in [0.05, 0.1) is 32.3 Å². The van der Waals surface area contributed by atoms with Crippen LogP contribution in [0.15, 0.2) is 40.8 Å². The summed E-state index contributed by atoms with van der Waals surface area (Å²) >= 11 is 5.92. The summed E-state index contributed by atoms with van der Waals surface area (Å²) in [6.45, 7) is 5.73. The van der Waals surface area contributed by atoms with Gasteiger partial charge in [-0.1, -0.05) is 17.7 Å². The maximum absolute atomic E-state index is 12.2. The number of morpholine rings is 1. The fourth-order valence-corrected chi connectivity index (χ4v) is 3.23. The molecule has 2 aromatic rings. The Kier molecular flexibility index (Phi) is 7.15. The van der Waals surface area contributed by atoms with Crippen molar-refractivity contribution in [3.05, 3.63) is 52.9 Å². The van der Waals surface area contributed by atoms with Crippen molar-refractivity contribution in [3.8, 4) is 5.75 Å². The lowest BCUT2D eigenvalue weighted by Gasteiger charge is -2.33. The number of carbonyl (C=O) groups is 1. The Labute approximate surface area is 164 Å². The molecular formula is C20H25ClN2O4. The van der Waals surface area contributed by atoms with Crippen LogP contribution in [-0.4, -0.2) is 50.3 Å². The van der Waals surface area contributed by atoms with Crippen LogP contribution in [0.1, 0.15) is 24.0 Å². The number of aryl methyl sites for hydroxylation is 1. The molecule has 7 heteroatoms. The van der Waals surface area contributed by atoms with E-state index >= 15 is 0 Å². The van der Waals surface area contributed by atoms with E-state index in [-0.39, 0.29) is 18.4 Å². The van der Waals surface area contributed by atoms with Crippen molar-refractivity contribution in [2.75, 3.05) is 39.5 Å². The lowest BCUT2D eigenvalue weighted by Crippen LogP contribution is -2.43. The molecule has 1 unspecified atom stereocenters. The average Bonchev–Trinajstić information content (AvgIpc) is 3.09. The topological polar surface area (TPSA) is 63.9 Å². The number of nitrogens with one attached hydrogen (secondary N) is 1. The number of amides is 1. The van der Waals surface area contributed by atoms with E-state index < -0.39 is 0 Å². The van der Waals surface area contributed by atoms with Crippen LogP contribution in [0, 0.1) is 6.92 Å². The first kappa shape index (κ1) is 19.7. The van der Waals surface area contributed by atoms with Gasteiger partial charge >= 0.3 is 0 Å². The highest BCUT2D eigenvalue weighted by atomic mass is 35.5. The van der Waals surface area contributed by atoms with Gasteiger partial charge in [0.1, 0.15) is 17.3 Å². The zero-order chi connectivity index (χ0) is 19.1. The van der Waals surface area contributed by atoms with Crippen molar-refractivity contribution >= 4 is 17.5 Å². The number of hydrogen-bond acceptors (Lipinski definition) is 5. The van der Waals surface area contributed by atoms with Gasteiger partial charge in [-0.3, -0.25) is 9.69 Å². The van der Waals surface area contributed by atoms with Crippen molar-refractivity contribution in [3.63, 3.8) is 0 Å². The van der Waals surface area contributed by atoms with E-state index in [1.165, 1.54) is 0 Å². The SMILES string of the molecule is Cc1ccc(C(CNC(=O)CCOc2cccc(Cl)c2)N2CCOCC2)o1. The van der Waals surface area contributed by atoms with Crippen LogP contribution >= 0.6 is 11.6 Å². The summed E-state index contributed by atoms with van der Waals surface area (Å²) in [6.07, 6.45) is 0.277. The van der Waals surface area contributed by atoms with Gasteiger partial charge in [-0.2, -0.15) is 0 Å². The highest BCUT2D eigenvalue weighted by Crippen LogP contribution is 2.23. The Balaban J connectivity index is 1.49. The summed E-state index contributed by atoms with van der Waals surface area (Å²) in [5, 5.41) is 3.61. The second-order valence-corrected chi connectivity index (χ2v) is 6.91. The van der Waals surface area contributed by atoms with E-state index in [0.29, 0.717) is 37.1 Å². The van der Waals surface area contributed by atoms with Gasteiger partial charge in [0.25, 0.3) is 0 Å². The normalized spacial score (nSPS) is 16.1. The second-order valence-electron chi connectivity index (χ2n) is 6.47. The zero-order valence-corrected chi connectivity index (χ0v) is 16.2. The Morgan fingerprint density at radius 1 is 1.30 bits per heavy atom. The molecule has 1 aromatic carbocycles. The molecule has 1 saturated heterocycles. The molecule has 1 aliphatic heterocycles. The van der Waals surface area contributed by atoms with Gasteiger partial charge in [0, 0.05) is 24.7 Å². The van der Waals surface area contributed by atoms with Crippen molar-refractivity contribution in [1.29, 1.82) is 0 Å². The van der Waals surface area contributed by atoms with Crippen LogP contribution in [0.5, 0.6) is 5.75 Å². The summed E-state index contributed by atoms with van der Waals surface area (Å²) in [6, 6.07) is 11.1. The van der Waals surface area contributed by atoms with Gasteiger partial charge in [-0.25, -0.2) is 0 Å². The highest BCUT2D eigenvalue weighted by molar-refractivity contribution is 6.30. The predicted molar refractivity (Wildman–Crippen MR) is 103 cm³/mol. The minimum Gasteiger partial charge on any atom is -0.493 e. The number of halogens is 1. The van der Waals surface area contributed by atoms with Gasteiger partial charge < -0.3 is 19.2 Å². The predicted octanol–water partition coefficient (Wildman–Crippen LogP) is 3.20. The third-order valence-corrected chi connectivity index (χ3v) is 4.70. The quantitative estimate of drug-likeness (QED) is 0.747. The van der Waals surface area contributed by atoms with Crippen LogP contribution in [-0.2, 0) is 9.53 Å². The Hall–Kier alpha value is -2.02. The molecule has 0 aliphatic carbocycles. The molecular weight excluding hydrogens is 368 g/mol. The fourth-order valence-electron chi connectivity index (χ4n) is 3.05. The number of nitrogens with zero attached hydrogens (tertiary/aromatic N) is 1. The van der Waals surface area contributed by atoms with Crippen molar-refractivity contribution in [2.45, 2.75) is 19.4 Å². The molecule has 2 heterocycles. The average molecular weight is 393 g/mol. The first-order valence-corrected chi connectivity index (χ1v) is 9.53. The van der Waals surface area contributed by atoms with Crippen molar-refractivity contribution in [1.82, 2.24) is 10.2 Å². The zero-order valence-electron chi connectivity index (χ0n) is 15.4. The minimum atomic E-state index is -0.0569. The smallest absolute Gasteiger partial charge is 0.223 e. The monoisotopic (exact) mass is 392 g/mol. The number of hydrogen-bond donors (Lipinski definition) is 1. The molecule has 0 bridgehead atoms. The van der Waals surface area contributed by atoms with Gasteiger partial charge in [0.15, 0.2) is 0 Å². The van der Waals surface area contributed by atoms with Gasteiger partial charge in [-0.15, -0.1) is 0 Å². The summed E-state index contributed by atoms with van der Waals surface area (Å²) < 4.78 is 16.8. The van der Waals surface area contributed by atoms with E-state index in [0.717, 1.165) is 24.6 Å². The molecule has 1 atom stereocenters. The summed E-state index contributed by atoms with van der Waals surface area (Å²) in [5.74, 6) is 2.33. The summed E-state index contributed by atoms with van der Waals surface area (Å²) in [5.41, 5.74) is 0. The third-order valence-electron chi connectivity index (χ3n) is 4.46. The lowest BCUT2D eigenvalue weighted by atomic mass is 10.1. The van der Waals surface area contributed by atoms with Crippen LogP contribution < -0.4 is 10.1 Å². The van der Waals surface area contributed by atoms with E-state index in [2.05, 4.69) is 10.2 Å². The van der Waals surface area contributed by atoms with E-state index in [1.807, 2.05) is 31.2 Å². The molecule has 0 radical (unpaired) electrons. The minimum absolute atomic E-state index is 0.000369. The highest BCUT2D eigenvalue weighted by Gasteiger charge is 2.25. The number of benzene rings is 1. The first-order chi connectivity index (χ1) is 13.1. The third kappa shape index (κ3) is 5.99. The molecule has 1 aromatic heterocycles. The van der Waals surface area contributed by atoms with Crippen molar-refractivity contribution < 1.29 is 18.7 Å². The van der Waals surface area contributed by atoms with Gasteiger partial charge in [-0.05, 0) is 37.3 Å². The Bertz CT molecular complexity index is 743. The standard InChI is InChI=1S/C20H25ClN2O4/c1-15-5-6-19(27-15)18(23-8-11-25-12-9-23)14-22-20(24)7-10-26-17-4-2-3-16(21)13-17/h2-6,13,18H,7-12,14H2,1H3,(H,22,24). The summed E-state index contributed by atoms with van der Waals surface area (Å²) in [7, 11) is 0. The number of ether oxygens (including phenoxy) is 2. The van der Waals surface area contributed by atoms with Gasteiger partial charge in [0.2, 0.25) is 5.91 Å². The molecule has 6 nitrogen and oxygen atoms in total. The maximum Gasteiger partial charge on any atom is 0.223 e. The molecule has 146 valence electrons. The Morgan fingerprint density at radius 3 is 2.81 bits per heavy atom. The lowest BCUT2D eigenvalue weighted by molar-refractivity contribution is -0.122. The molecule has 1 fully saturated rings. The molecule has 1 aliphatic rings. The van der Waals surface area contributed by atoms with Crippen LogP contribution in [0.25, 0.3) is 0 Å². The maximum atomic E-state index is 12.2. The van der Waals surface area contributed by atoms with Crippen LogP contribution in [0.4, 0.5) is 0 Å². The largest absolute Gasteiger partial charge is 0.493 e. The molecule has 27 heavy (non-hydrogen) atoms. The van der Waals surface area contributed by atoms with Crippen LogP contribution in [0.2, 0.25) is 5.02 Å². The van der Waals surface area contributed by atoms with Crippen molar-refractivity contribution in [2.24, 2.45) is 0 Å². The van der Waals surface area contributed by atoms with E-state index in [9.17, 15) is 4.79 Å². The molecule has 0 spiro atoms. The van der Waals surface area contributed by atoms with E-state index in [4.69, 9.17) is 25.5 Å². The second kappa shape index (κ2) is 9.78.